The molecule has 0 spiro atoms. The summed E-state index contributed by atoms with van der Waals surface area (Å²) in [5.74, 6) is -0.292. The lowest BCUT2D eigenvalue weighted by atomic mass is 10.1. The van der Waals surface area contributed by atoms with Crippen LogP contribution in [0.25, 0.3) is 0 Å². The minimum Gasteiger partial charge on any atom is -0.368 e. The largest absolute Gasteiger partial charge is 0.368 e. The first-order valence-electron chi connectivity index (χ1n) is 10.1. The van der Waals surface area contributed by atoms with Gasteiger partial charge in [-0.1, -0.05) is 54.6 Å². The Hall–Kier alpha value is -3.44. The number of carbonyl (C=O) groups is 2. The highest BCUT2D eigenvalue weighted by Gasteiger charge is 2.24. The van der Waals surface area contributed by atoms with Crippen LogP contribution in [0.1, 0.15) is 28.8 Å². The number of hydrogen-bond donors (Lipinski definition) is 1. The van der Waals surface area contributed by atoms with Crippen molar-refractivity contribution in [3.05, 3.63) is 96.1 Å². The molecule has 0 bridgehead atoms. The van der Waals surface area contributed by atoms with Crippen LogP contribution in [-0.4, -0.2) is 24.5 Å². The van der Waals surface area contributed by atoms with Gasteiger partial charge in [0.15, 0.2) is 0 Å². The average molecular weight is 400 g/mol. The molecule has 1 fully saturated rings. The summed E-state index contributed by atoms with van der Waals surface area (Å²) in [6, 6.07) is 26.5. The molecule has 0 aromatic heterocycles. The summed E-state index contributed by atoms with van der Waals surface area (Å²) in [6.07, 6.45) is 1.20. The highest BCUT2D eigenvalue weighted by molar-refractivity contribution is 6.07. The second-order valence-corrected chi connectivity index (χ2v) is 7.28. The SMILES string of the molecule is O=C(Nc1cccc(C(=O)N(Cc2ccccc2)c2ccccc2)c1)C1CCCO1. The summed E-state index contributed by atoms with van der Waals surface area (Å²) in [5.41, 5.74) is 2.96. The molecule has 1 atom stereocenters. The van der Waals surface area contributed by atoms with Gasteiger partial charge in [-0.2, -0.15) is 0 Å². The van der Waals surface area contributed by atoms with Crippen molar-refractivity contribution in [2.24, 2.45) is 0 Å². The fourth-order valence-electron chi connectivity index (χ4n) is 3.55. The van der Waals surface area contributed by atoms with Gasteiger partial charge in [-0.25, -0.2) is 0 Å². The van der Waals surface area contributed by atoms with Crippen molar-refractivity contribution in [1.29, 1.82) is 0 Å². The van der Waals surface area contributed by atoms with Crippen molar-refractivity contribution in [2.75, 3.05) is 16.8 Å². The predicted molar refractivity (Wildman–Crippen MR) is 117 cm³/mol. The van der Waals surface area contributed by atoms with Crippen LogP contribution >= 0.6 is 0 Å². The Morgan fingerprint density at radius 2 is 1.67 bits per heavy atom. The van der Waals surface area contributed by atoms with Crippen LogP contribution in [0.15, 0.2) is 84.9 Å². The molecule has 0 saturated carbocycles. The van der Waals surface area contributed by atoms with Crippen LogP contribution < -0.4 is 10.2 Å². The molecule has 3 aromatic rings. The summed E-state index contributed by atoms with van der Waals surface area (Å²) in [5, 5.41) is 2.87. The monoisotopic (exact) mass is 400 g/mol. The van der Waals surface area contributed by atoms with Crippen LogP contribution in [0.5, 0.6) is 0 Å². The fourth-order valence-corrected chi connectivity index (χ4v) is 3.55. The van der Waals surface area contributed by atoms with E-state index in [0.29, 0.717) is 24.4 Å². The highest BCUT2D eigenvalue weighted by Crippen LogP contribution is 2.22. The summed E-state index contributed by atoms with van der Waals surface area (Å²) in [6.45, 7) is 1.07. The van der Waals surface area contributed by atoms with E-state index in [2.05, 4.69) is 5.32 Å². The second-order valence-electron chi connectivity index (χ2n) is 7.28. The number of hydrogen-bond acceptors (Lipinski definition) is 3. The summed E-state index contributed by atoms with van der Waals surface area (Å²) in [7, 11) is 0. The van der Waals surface area contributed by atoms with Crippen molar-refractivity contribution in [2.45, 2.75) is 25.5 Å². The van der Waals surface area contributed by atoms with E-state index in [9.17, 15) is 9.59 Å². The highest BCUT2D eigenvalue weighted by atomic mass is 16.5. The van der Waals surface area contributed by atoms with Gasteiger partial charge in [-0.3, -0.25) is 9.59 Å². The lowest BCUT2D eigenvalue weighted by molar-refractivity contribution is -0.124. The third kappa shape index (κ3) is 4.75. The predicted octanol–water partition coefficient (Wildman–Crippen LogP) is 4.65. The number of rotatable bonds is 6. The Labute approximate surface area is 176 Å². The molecule has 0 aliphatic carbocycles. The normalized spacial score (nSPS) is 15.5. The smallest absolute Gasteiger partial charge is 0.258 e. The average Bonchev–Trinajstić information content (AvgIpc) is 3.34. The minimum atomic E-state index is -0.414. The Balaban J connectivity index is 1.57. The fraction of sp³-hybridized carbons (Fsp3) is 0.200. The summed E-state index contributed by atoms with van der Waals surface area (Å²) >= 11 is 0. The molecule has 0 radical (unpaired) electrons. The first kappa shape index (κ1) is 19.9. The van der Waals surface area contributed by atoms with Gasteiger partial charge in [0.25, 0.3) is 11.8 Å². The van der Waals surface area contributed by atoms with Crippen molar-refractivity contribution >= 4 is 23.2 Å². The Morgan fingerprint density at radius 3 is 2.37 bits per heavy atom. The quantitative estimate of drug-likeness (QED) is 0.655. The molecule has 2 amide bonds. The van der Waals surface area contributed by atoms with Crippen LogP contribution in [0.2, 0.25) is 0 Å². The van der Waals surface area contributed by atoms with Crippen LogP contribution in [0.4, 0.5) is 11.4 Å². The van der Waals surface area contributed by atoms with Crippen molar-refractivity contribution in [1.82, 2.24) is 0 Å². The zero-order valence-corrected chi connectivity index (χ0v) is 16.7. The number of benzene rings is 3. The van der Waals surface area contributed by atoms with Crippen LogP contribution in [0.3, 0.4) is 0 Å². The Bertz CT molecular complexity index is 999. The van der Waals surface area contributed by atoms with Gasteiger partial charge in [0.05, 0.1) is 6.54 Å². The number of nitrogens with zero attached hydrogens (tertiary/aromatic N) is 1. The molecular formula is C25H24N2O3. The Morgan fingerprint density at radius 1 is 0.933 bits per heavy atom. The maximum atomic E-state index is 13.4. The second kappa shape index (κ2) is 9.37. The van der Waals surface area contributed by atoms with Gasteiger partial charge in [0, 0.05) is 23.5 Å². The number of carbonyl (C=O) groups excluding carboxylic acids is 2. The minimum absolute atomic E-state index is 0.127. The molecule has 1 aliphatic rings. The van der Waals surface area contributed by atoms with Crippen molar-refractivity contribution in [3.8, 4) is 0 Å². The molecule has 1 aliphatic heterocycles. The zero-order chi connectivity index (χ0) is 20.8. The molecule has 1 heterocycles. The molecule has 3 aromatic carbocycles. The maximum Gasteiger partial charge on any atom is 0.258 e. The number of amides is 2. The van der Waals surface area contributed by atoms with E-state index in [1.165, 1.54) is 0 Å². The van der Waals surface area contributed by atoms with E-state index in [4.69, 9.17) is 4.74 Å². The molecule has 5 nitrogen and oxygen atoms in total. The topological polar surface area (TPSA) is 58.6 Å². The van der Waals surface area contributed by atoms with Gasteiger partial charge in [-0.05, 0) is 48.7 Å². The third-order valence-electron chi connectivity index (χ3n) is 5.10. The van der Waals surface area contributed by atoms with E-state index in [0.717, 1.165) is 24.1 Å². The lowest BCUT2D eigenvalue weighted by Crippen LogP contribution is -2.30. The first-order valence-corrected chi connectivity index (χ1v) is 10.1. The zero-order valence-electron chi connectivity index (χ0n) is 16.7. The van der Waals surface area contributed by atoms with Crippen molar-refractivity contribution < 1.29 is 14.3 Å². The third-order valence-corrected chi connectivity index (χ3v) is 5.10. The summed E-state index contributed by atoms with van der Waals surface area (Å²) < 4.78 is 5.44. The maximum absolute atomic E-state index is 13.4. The molecular weight excluding hydrogens is 376 g/mol. The van der Waals surface area contributed by atoms with E-state index >= 15 is 0 Å². The van der Waals surface area contributed by atoms with Gasteiger partial charge in [-0.15, -0.1) is 0 Å². The molecule has 30 heavy (non-hydrogen) atoms. The van der Waals surface area contributed by atoms with Crippen LogP contribution in [0, 0.1) is 0 Å². The van der Waals surface area contributed by atoms with Gasteiger partial charge in [0.2, 0.25) is 0 Å². The lowest BCUT2D eigenvalue weighted by Gasteiger charge is -2.23. The molecule has 1 unspecified atom stereocenters. The molecule has 1 saturated heterocycles. The molecule has 5 heteroatoms. The standard InChI is InChI=1S/C25H24N2O3/c28-24(23-15-8-16-30-23)26-21-12-7-11-20(17-21)25(29)27(22-13-5-2-6-14-22)18-19-9-3-1-4-10-19/h1-7,9-14,17,23H,8,15-16,18H2,(H,26,28). The first-order chi connectivity index (χ1) is 14.7. The van der Waals surface area contributed by atoms with E-state index in [1.54, 1.807) is 29.2 Å². The van der Waals surface area contributed by atoms with Gasteiger partial charge >= 0.3 is 0 Å². The van der Waals surface area contributed by atoms with E-state index in [-0.39, 0.29) is 11.8 Å². The van der Waals surface area contributed by atoms with E-state index in [1.807, 2.05) is 60.7 Å². The molecule has 1 N–H and O–H groups in total. The molecule has 4 rings (SSSR count). The number of nitrogens with one attached hydrogen (secondary N) is 1. The number of anilines is 2. The van der Waals surface area contributed by atoms with Gasteiger partial charge in [0.1, 0.15) is 6.10 Å². The number of para-hydroxylation sites is 1. The Kier molecular flexibility index (Phi) is 6.20. The molecule has 152 valence electrons. The van der Waals surface area contributed by atoms with Crippen LogP contribution in [-0.2, 0) is 16.1 Å². The summed E-state index contributed by atoms with van der Waals surface area (Å²) in [4.78, 5) is 27.5. The van der Waals surface area contributed by atoms with Gasteiger partial charge < -0.3 is 15.0 Å². The van der Waals surface area contributed by atoms with Crippen molar-refractivity contribution in [3.63, 3.8) is 0 Å². The number of ether oxygens (including phenoxy) is 1. The van der Waals surface area contributed by atoms with E-state index < -0.39 is 6.10 Å².